The van der Waals surface area contributed by atoms with Crippen molar-refractivity contribution in [2.24, 2.45) is 16.8 Å². The second-order valence-electron chi connectivity index (χ2n) is 9.26. The third kappa shape index (κ3) is 6.74. The molecule has 1 unspecified atom stereocenters. The Morgan fingerprint density at radius 2 is 1.97 bits per heavy atom. The number of hydrogen-bond donors (Lipinski definition) is 1. The van der Waals surface area contributed by atoms with E-state index in [4.69, 9.17) is 9.57 Å². The smallest absolute Gasteiger partial charge is 0.307 e. The second kappa shape index (κ2) is 10.3. The van der Waals surface area contributed by atoms with E-state index in [2.05, 4.69) is 15.0 Å². The average Bonchev–Trinajstić information content (AvgIpc) is 3.09. The zero-order valence-corrected chi connectivity index (χ0v) is 18.3. The topological polar surface area (TPSA) is 97.1 Å². The van der Waals surface area contributed by atoms with Crippen LogP contribution < -0.4 is 0 Å². The molecule has 2 heterocycles. The molecule has 0 aromatic carbocycles. The highest BCUT2D eigenvalue weighted by Gasteiger charge is 2.36. The van der Waals surface area contributed by atoms with Gasteiger partial charge in [-0.15, -0.1) is 0 Å². The van der Waals surface area contributed by atoms with Crippen LogP contribution in [0.4, 0.5) is 0 Å². The first kappa shape index (κ1) is 22.6. The van der Waals surface area contributed by atoms with Crippen molar-refractivity contribution in [3.05, 3.63) is 24.3 Å². The number of nitrogens with zero attached hydrogens (tertiary/aromatic N) is 4. The Hall–Kier alpha value is -2.06. The predicted molar refractivity (Wildman–Crippen MR) is 111 cm³/mol. The molecular formula is C22H34N4O4. The van der Waals surface area contributed by atoms with E-state index in [0.717, 1.165) is 25.2 Å². The maximum atomic E-state index is 12.5. The molecule has 3 rings (SSSR count). The Balaban J connectivity index is 1.67. The lowest BCUT2D eigenvalue weighted by Gasteiger charge is -2.24. The molecule has 2 aliphatic rings. The lowest BCUT2D eigenvalue weighted by molar-refractivity contribution is -0.307. The van der Waals surface area contributed by atoms with Crippen molar-refractivity contribution in [3.63, 3.8) is 0 Å². The van der Waals surface area contributed by atoms with Gasteiger partial charge in [-0.1, -0.05) is 44.9 Å². The van der Waals surface area contributed by atoms with Crippen LogP contribution in [-0.2, 0) is 14.4 Å². The Bertz CT molecular complexity index is 714. The maximum absolute atomic E-state index is 12.5. The summed E-state index contributed by atoms with van der Waals surface area (Å²) in [6.07, 6.45) is 12.0. The summed E-state index contributed by atoms with van der Waals surface area (Å²) < 4.78 is 5.51. The fourth-order valence-electron chi connectivity index (χ4n) is 4.15. The fourth-order valence-corrected chi connectivity index (χ4v) is 4.15. The summed E-state index contributed by atoms with van der Waals surface area (Å²) in [6, 6.07) is 1.70. The molecule has 1 aromatic heterocycles. The van der Waals surface area contributed by atoms with Gasteiger partial charge in [-0.05, 0) is 39.2 Å². The van der Waals surface area contributed by atoms with Gasteiger partial charge in [0, 0.05) is 23.5 Å². The van der Waals surface area contributed by atoms with Crippen LogP contribution >= 0.6 is 0 Å². The standard InChI is InChI=1S/C22H34N4O4/c1-22(2,3)29-18(27)15-17(12-7-11-16-9-5-4-6-10-16)21-25-20(26(28)30-21)19-23-13-8-14-24-19/h8,13-14,16-17,20,28H,4-7,9-12,15H2,1-3H3/t17-,20?/m1/s1. The van der Waals surface area contributed by atoms with Crippen molar-refractivity contribution in [2.45, 2.75) is 90.3 Å². The van der Waals surface area contributed by atoms with Gasteiger partial charge in [0.25, 0.3) is 0 Å². The molecular weight excluding hydrogens is 384 g/mol. The Kier molecular flexibility index (Phi) is 7.77. The highest BCUT2D eigenvalue weighted by molar-refractivity contribution is 5.84. The van der Waals surface area contributed by atoms with Gasteiger partial charge in [-0.3, -0.25) is 10.0 Å². The molecule has 166 valence electrons. The van der Waals surface area contributed by atoms with Crippen LogP contribution in [0.15, 0.2) is 23.5 Å². The van der Waals surface area contributed by atoms with Gasteiger partial charge in [0.2, 0.25) is 12.1 Å². The molecule has 0 radical (unpaired) electrons. The van der Waals surface area contributed by atoms with Crippen LogP contribution in [-0.4, -0.2) is 37.9 Å². The first-order chi connectivity index (χ1) is 14.3. The number of hydrogen-bond acceptors (Lipinski definition) is 8. The third-order valence-corrected chi connectivity index (χ3v) is 5.53. The van der Waals surface area contributed by atoms with Crippen LogP contribution in [0.3, 0.4) is 0 Å². The van der Waals surface area contributed by atoms with Crippen molar-refractivity contribution < 1.29 is 19.6 Å². The molecule has 1 saturated carbocycles. The monoisotopic (exact) mass is 418 g/mol. The molecule has 0 spiro atoms. The van der Waals surface area contributed by atoms with Crippen LogP contribution in [0.25, 0.3) is 0 Å². The fraction of sp³-hybridized carbons (Fsp3) is 0.727. The number of esters is 1. The van der Waals surface area contributed by atoms with Gasteiger partial charge in [0.1, 0.15) is 5.60 Å². The lowest BCUT2D eigenvalue weighted by atomic mass is 9.84. The quantitative estimate of drug-likeness (QED) is 0.616. The van der Waals surface area contributed by atoms with Gasteiger partial charge in [-0.2, -0.15) is 0 Å². The number of rotatable bonds is 8. The Morgan fingerprint density at radius 1 is 1.27 bits per heavy atom. The predicted octanol–water partition coefficient (Wildman–Crippen LogP) is 4.61. The number of aliphatic imine (C=N–C) groups is 1. The zero-order chi connectivity index (χ0) is 21.6. The summed E-state index contributed by atoms with van der Waals surface area (Å²) in [7, 11) is 0. The molecule has 30 heavy (non-hydrogen) atoms. The molecule has 1 aliphatic heterocycles. The minimum absolute atomic E-state index is 0.164. The minimum Gasteiger partial charge on any atom is -0.460 e. The number of aromatic nitrogens is 2. The Morgan fingerprint density at radius 3 is 2.63 bits per heavy atom. The zero-order valence-electron chi connectivity index (χ0n) is 18.3. The van der Waals surface area contributed by atoms with E-state index >= 15 is 0 Å². The van der Waals surface area contributed by atoms with Crippen LogP contribution in [0.2, 0.25) is 0 Å². The summed E-state index contributed by atoms with van der Waals surface area (Å²) in [5, 5.41) is 10.9. The van der Waals surface area contributed by atoms with Gasteiger partial charge in [0.05, 0.1) is 6.42 Å². The van der Waals surface area contributed by atoms with E-state index in [-0.39, 0.29) is 18.3 Å². The van der Waals surface area contributed by atoms with Crippen molar-refractivity contribution in [1.82, 2.24) is 15.2 Å². The van der Waals surface area contributed by atoms with Crippen molar-refractivity contribution in [3.8, 4) is 0 Å². The summed E-state index contributed by atoms with van der Waals surface area (Å²) in [4.78, 5) is 30.8. The summed E-state index contributed by atoms with van der Waals surface area (Å²) in [5.74, 6) is 0.900. The van der Waals surface area contributed by atoms with E-state index in [1.165, 1.54) is 32.1 Å². The SMILES string of the molecule is CC(C)(C)OC(=O)C[C@@H](CCCC1CCCCC1)C1=NC(c2ncccn2)N(O)O1. The highest BCUT2D eigenvalue weighted by atomic mass is 16.9. The molecule has 1 aromatic rings. The molecule has 1 aliphatic carbocycles. The van der Waals surface area contributed by atoms with E-state index in [1.54, 1.807) is 18.5 Å². The highest BCUT2D eigenvalue weighted by Crippen LogP contribution is 2.32. The molecule has 1 fully saturated rings. The van der Waals surface area contributed by atoms with Crippen molar-refractivity contribution >= 4 is 11.9 Å². The normalized spacial score (nSPS) is 21.7. The second-order valence-corrected chi connectivity index (χ2v) is 9.26. The minimum atomic E-state index is -0.833. The average molecular weight is 419 g/mol. The molecule has 0 saturated heterocycles. The number of carbonyl (C=O) groups excluding carboxylic acids is 1. The Labute approximate surface area is 178 Å². The van der Waals surface area contributed by atoms with Gasteiger partial charge < -0.3 is 9.57 Å². The van der Waals surface area contributed by atoms with Gasteiger partial charge in [-0.25, -0.2) is 15.0 Å². The first-order valence-corrected chi connectivity index (χ1v) is 11.0. The summed E-state index contributed by atoms with van der Waals surface area (Å²) in [6.45, 7) is 5.56. The molecule has 8 heteroatoms. The lowest BCUT2D eigenvalue weighted by Crippen LogP contribution is -2.29. The van der Waals surface area contributed by atoms with Crippen LogP contribution in [0, 0.1) is 11.8 Å². The number of carbonyl (C=O) groups is 1. The van der Waals surface area contributed by atoms with E-state index < -0.39 is 11.8 Å². The van der Waals surface area contributed by atoms with E-state index in [9.17, 15) is 10.0 Å². The van der Waals surface area contributed by atoms with Crippen molar-refractivity contribution in [2.75, 3.05) is 0 Å². The largest absolute Gasteiger partial charge is 0.460 e. The van der Waals surface area contributed by atoms with Crippen LogP contribution in [0.1, 0.15) is 90.5 Å². The van der Waals surface area contributed by atoms with Crippen LogP contribution in [0.5, 0.6) is 0 Å². The third-order valence-electron chi connectivity index (χ3n) is 5.53. The molecule has 0 bridgehead atoms. The summed E-state index contributed by atoms with van der Waals surface area (Å²) in [5.41, 5.74) is -0.550. The molecule has 1 N–H and O–H groups in total. The van der Waals surface area contributed by atoms with E-state index in [1.807, 2.05) is 20.8 Å². The molecule has 2 atom stereocenters. The maximum Gasteiger partial charge on any atom is 0.307 e. The van der Waals surface area contributed by atoms with Gasteiger partial charge in [0.15, 0.2) is 5.82 Å². The molecule has 8 nitrogen and oxygen atoms in total. The first-order valence-electron chi connectivity index (χ1n) is 11.0. The van der Waals surface area contributed by atoms with Gasteiger partial charge >= 0.3 is 5.97 Å². The number of hydroxylamine groups is 2. The number of ether oxygens (including phenoxy) is 1. The molecule has 0 amide bonds. The van der Waals surface area contributed by atoms with Crippen molar-refractivity contribution in [1.29, 1.82) is 0 Å². The van der Waals surface area contributed by atoms with E-state index in [0.29, 0.717) is 16.9 Å². The summed E-state index contributed by atoms with van der Waals surface area (Å²) >= 11 is 0.